The molecule has 8 heteroatoms. The Morgan fingerprint density at radius 1 is 1.20 bits per heavy atom. The third-order valence-electron chi connectivity index (χ3n) is 3.30. The maximum Gasteiger partial charge on any atom is 0.284 e. The van der Waals surface area contributed by atoms with Crippen molar-refractivity contribution in [2.75, 3.05) is 27.4 Å². The molecular formula is C17H18N2O5S. The van der Waals surface area contributed by atoms with Gasteiger partial charge in [-0.05, 0) is 36.4 Å². The molecule has 0 aromatic heterocycles. The van der Waals surface area contributed by atoms with Gasteiger partial charge in [0.25, 0.3) is 11.6 Å². The maximum atomic E-state index is 12.0. The number of methoxy groups -OCH3 is 2. The predicted octanol–water partition coefficient (Wildman–Crippen LogP) is 3.13. The van der Waals surface area contributed by atoms with Gasteiger partial charge in [0.2, 0.25) is 0 Å². The predicted molar refractivity (Wildman–Crippen MR) is 94.4 cm³/mol. The molecule has 1 N–H and O–H groups in total. The number of hydrogen-bond donors (Lipinski definition) is 1. The number of carbonyl (C=O) groups excluding carboxylic acids is 1. The fourth-order valence-corrected chi connectivity index (χ4v) is 2.93. The molecule has 0 fully saturated rings. The van der Waals surface area contributed by atoms with E-state index < -0.39 is 4.92 Å². The molecule has 2 aromatic carbocycles. The molecule has 0 saturated carbocycles. The zero-order valence-corrected chi connectivity index (χ0v) is 14.7. The minimum absolute atomic E-state index is 0.111. The van der Waals surface area contributed by atoms with E-state index in [0.29, 0.717) is 23.8 Å². The molecule has 0 saturated heterocycles. The monoisotopic (exact) mass is 362 g/mol. The lowest BCUT2D eigenvalue weighted by atomic mass is 10.2. The summed E-state index contributed by atoms with van der Waals surface area (Å²) in [7, 11) is 3.10. The number of nitrogens with zero attached hydrogens (tertiary/aromatic N) is 1. The summed E-state index contributed by atoms with van der Waals surface area (Å²) in [4.78, 5) is 24.2. The van der Waals surface area contributed by atoms with Crippen LogP contribution in [0.1, 0.15) is 10.4 Å². The Bertz CT molecular complexity index is 749. The molecule has 7 nitrogen and oxygen atoms in total. The second-order valence-electron chi connectivity index (χ2n) is 4.97. The Labute approximate surface area is 149 Å². The summed E-state index contributed by atoms with van der Waals surface area (Å²) in [5.41, 5.74) is 0.127. The van der Waals surface area contributed by atoms with Gasteiger partial charge in [-0.15, -0.1) is 0 Å². The lowest BCUT2D eigenvalue weighted by molar-refractivity contribution is -0.387. The van der Waals surface area contributed by atoms with E-state index in [1.807, 2.05) is 12.1 Å². The Morgan fingerprint density at radius 2 is 1.92 bits per heavy atom. The van der Waals surface area contributed by atoms with Crippen LogP contribution >= 0.6 is 11.8 Å². The van der Waals surface area contributed by atoms with Gasteiger partial charge in [-0.3, -0.25) is 14.9 Å². The number of nitro groups is 1. The van der Waals surface area contributed by atoms with E-state index in [0.717, 1.165) is 4.90 Å². The Morgan fingerprint density at radius 3 is 2.52 bits per heavy atom. The van der Waals surface area contributed by atoms with Crippen LogP contribution in [0.25, 0.3) is 0 Å². The van der Waals surface area contributed by atoms with Crippen LogP contribution < -0.4 is 10.1 Å². The van der Waals surface area contributed by atoms with Crippen molar-refractivity contribution < 1.29 is 19.2 Å². The van der Waals surface area contributed by atoms with Gasteiger partial charge in [-0.25, -0.2) is 0 Å². The molecule has 0 bridgehead atoms. The molecule has 2 aromatic rings. The molecule has 0 heterocycles. The van der Waals surface area contributed by atoms with Crippen molar-refractivity contribution in [2.24, 2.45) is 0 Å². The number of rotatable bonds is 8. The standard InChI is InChI=1S/C17H18N2O5S/c1-23-10-9-18-17(20)12-3-8-16(15(11-12)19(21)22)25-14-6-4-13(24-2)5-7-14/h3-8,11H,9-10H2,1-2H3,(H,18,20). The Kier molecular flexibility index (Phi) is 6.79. The summed E-state index contributed by atoms with van der Waals surface area (Å²) in [6, 6.07) is 11.6. The molecule has 0 spiro atoms. The van der Waals surface area contributed by atoms with E-state index in [2.05, 4.69) is 5.32 Å². The highest BCUT2D eigenvalue weighted by atomic mass is 32.2. The van der Waals surface area contributed by atoms with Crippen molar-refractivity contribution >= 4 is 23.4 Å². The van der Waals surface area contributed by atoms with E-state index in [4.69, 9.17) is 9.47 Å². The average molecular weight is 362 g/mol. The van der Waals surface area contributed by atoms with E-state index in [1.54, 1.807) is 31.4 Å². The van der Waals surface area contributed by atoms with Gasteiger partial charge in [0.15, 0.2) is 0 Å². The number of ether oxygens (including phenoxy) is 2. The van der Waals surface area contributed by atoms with Crippen molar-refractivity contribution in [3.63, 3.8) is 0 Å². The molecule has 0 aliphatic carbocycles. The highest BCUT2D eigenvalue weighted by molar-refractivity contribution is 7.99. The van der Waals surface area contributed by atoms with E-state index in [1.165, 1.54) is 24.9 Å². The SMILES string of the molecule is COCCNC(=O)c1ccc(Sc2ccc(OC)cc2)c([N+](=O)[O-])c1. The zero-order valence-electron chi connectivity index (χ0n) is 13.9. The van der Waals surface area contributed by atoms with Crippen LogP contribution in [0.4, 0.5) is 5.69 Å². The normalized spacial score (nSPS) is 10.3. The van der Waals surface area contributed by atoms with Gasteiger partial charge in [-0.2, -0.15) is 0 Å². The molecule has 25 heavy (non-hydrogen) atoms. The summed E-state index contributed by atoms with van der Waals surface area (Å²) < 4.78 is 9.95. The quantitative estimate of drug-likeness (QED) is 0.441. The second kappa shape index (κ2) is 9.05. The summed E-state index contributed by atoms with van der Waals surface area (Å²) in [5, 5.41) is 14.0. The van der Waals surface area contributed by atoms with Crippen LogP contribution in [0.5, 0.6) is 5.75 Å². The molecule has 0 unspecified atom stereocenters. The lowest BCUT2D eigenvalue weighted by Gasteiger charge is -2.07. The van der Waals surface area contributed by atoms with Crippen LogP contribution in [0.2, 0.25) is 0 Å². The Balaban J connectivity index is 2.20. The fourth-order valence-electron chi connectivity index (χ4n) is 2.03. The molecule has 0 aliphatic rings. The molecular weight excluding hydrogens is 344 g/mol. The number of nitrogens with one attached hydrogen (secondary N) is 1. The summed E-state index contributed by atoms with van der Waals surface area (Å²) in [6.45, 7) is 0.713. The minimum Gasteiger partial charge on any atom is -0.497 e. The van der Waals surface area contributed by atoms with Gasteiger partial charge in [0.1, 0.15) is 5.75 Å². The van der Waals surface area contributed by atoms with Crippen LogP contribution in [0.3, 0.4) is 0 Å². The van der Waals surface area contributed by atoms with Crippen molar-refractivity contribution in [3.8, 4) is 5.75 Å². The first-order chi connectivity index (χ1) is 12.0. The summed E-state index contributed by atoms with van der Waals surface area (Å²) in [6.07, 6.45) is 0. The van der Waals surface area contributed by atoms with Gasteiger partial charge in [-0.1, -0.05) is 11.8 Å². The molecule has 0 atom stereocenters. The molecule has 1 amide bonds. The summed E-state index contributed by atoms with van der Waals surface area (Å²) in [5.74, 6) is 0.336. The molecule has 0 radical (unpaired) electrons. The third kappa shape index (κ3) is 5.20. The number of carbonyl (C=O) groups is 1. The lowest BCUT2D eigenvalue weighted by Crippen LogP contribution is -2.26. The van der Waals surface area contributed by atoms with E-state index in [-0.39, 0.29) is 17.2 Å². The van der Waals surface area contributed by atoms with E-state index in [9.17, 15) is 14.9 Å². The third-order valence-corrected chi connectivity index (χ3v) is 4.37. The summed E-state index contributed by atoms with van der Waals surface area (Å²) >= 11 is 1.25. The van der Waals surface area contributed by atoms with Gasteiger partial charge >= 0.3 is 0 Å². The molecule has 2 rings (SSSR count). The number of hydrogen-bond acceptors (Lipinski definition) is 6. The molecule has 132 valence electrons. The van der Waals surface area contributed by atoms with Crippen molar-refractivity contribution in [1.82, 2.24) is 5.32 Å². The molecule has 0 aliphatic heterocycles. The van der Waals surface area contributed by atoms with Crippen molar-refractivity contribution in [3.05, 3.63) is 58.1 Å². The van der Waals surface area contributed by atoms with Gasteiger partial charge in [0, 0.05) is 30.2 Å². The zero-order chi connectivity index (χ0) is 18.2. The van der Waals surface area contributed by atoms with Crippen LogP contribution in [-0.4, -0.2) is 38.2 Å². The van der Waals surface area contributed by atoms with Crippen LogP contribution in [0.15, 0.2) is 52.3 Å². The first-order valence-electron chi connectivity index (χ1n) is 7.42. The van der Waals surface area contributed by atoms with Crippen LogP contribution in [0, 0.1) is 10.1 Å². The highest BCUT2D eigenvalue weighted by Crippen LogP contribution is 2.35. The number of amides is 1. The first kappa shape index (κ1) is 18.8. The van der Waals surface area contributed by atoms with Crippen molar-refractivity contribution in [2.45, 2.75) is 9.79 Å². The van der Waals surface area contributed by atoms with Crippen LogP contribution in [-0.2, 0) is 4.74 Å². The number of benzene rings is 2. The Hall–Kier alpha value is -2.58. The largest absolute Gasteiger partial charge is 0.497 e. The smallest absolute Gasteiger partial charge is 0.284 e. The van der Waals surface area contributed by atoms with E-state index >= 15 is 0 Å². The second-order valence-corrected chi connectivity index (χ2v) is 6.08. The highest BCUT2D eigenvalue weighted by Gasteiger charge is 2.18. The van der Waals surface area contributed by atoms with Crippen molar-refractivity contribution in [1.29, 1.82) is 0 Å². The topological polar surface area (TPSA) is 90.7 Å². The van der Waals surface area contributed by atoms with Gasteiger partial charge in [0.05, 0.1) is 23.5 Å². The van der Waals surface area contributed by atoms with Gasteiger partial charge < -0.3 is 14.8 Å². The fraction of sp³-hybridized carbons (Fsp3) is 0.235. The first-order valence-corrected chi connectivity index (χ1v) is 8.24. The minimum atomic E-state index is -0.488. The average Bonchev–Trinajstić information content (AvgIpc) is 2.62. The number of nitro benzene ring substituents is 1. The maximum absolute atomic E-state index is 12.0.